The molecule has 3 rings (SSSR count). The van der Waals surface area contributed by atoms with E-state index in [4.69, 9.17) is 10.5 Å². The van der Waals surface area contributed by atoms with Crippen molar-refractivity contribution in [2.75, 3.05) is 12.3 Å². The number of anilines is 1. The Kier molecular flexibility index (Phi) is 3.82. The van der Waals surface area contributed by atoms with Crippen LogP contribution in [0, 0.1) is 5.92 Å². The van der Waals surface area contributed by atoms with E-state index in [1.165, 1.54) is 24.2 Å². The van der Waals surface area contributed by atoms with Crippen LogP contribution in [0.4, 0.5) is 5.69 Å². The number of nitrogens with zero attached hydrogens (tertiary/aromatic N) is 3. The smallest absolute Gasteiger partial charge is 0.239 e. The summed E-state index contributed by atoms with van der Waals surface area (Å²) >= 11 is 0. The molecule has 0 aliphatic heterocycles. The normalized spacial score (nSPS) is 14.2. The second-order valence-electron chi connectivity index (χ2n) is 5.98. The third kappa shape index (κ3) is 2.86. The fourth-order valence-corrected chi connectivity index (χ4v) is 2.60. The van der Waals surface area contributed by atoms with E-state index in [2.05, 4.69) is 28.4 Å². The molecule has 0 fully saturated rings. The van der Waals surface area contributed by atoms with Gasteiger partial charge in [0, 0.05) is 5.69 Å². The molecule has 2 aromatic rings. The number of pyridine rings is 1. The predicted molar refractivity (Wildman–Crippen MR) is 82.7 cm³/mol. The summed E-state index contributed by atoms with van der Waals surface area (Å²) in [7, 11) is 0. The molecule has 0 spiro atoms. The van der Waals surface area contributed by atoms with Crippen molar-refractivity contribution in [3.05, 3.63) is 29.8 Å². The number of hydrogen-bond acceptors (Lipinski definition) is 4. The van der Waals surface area contributed by atoms with Gasteiger partial charge in [-0.3, -0.25) is 4.57 Å². The summed E-state index contributed by atoms with van der Waals surface area (Å²) in [5.41, 5.74) is 9.00. The Bertz CT molecular complexity index is 633. The van der Waals surface area contributed by atoms with Crippen molar-refractivity contribution < 1.29 is 4.74 Å². The summed E-state index contributed by atoms with van der Waals surface area (Å²) in [6.45, 7) is 4.82. The monoisotopic (exact) mass is 286 g/mol. The van der Waals surface area contributed by atoms with Gasteiger partial charge in [-0.05, 0) is 43.7 Å². The van der Waals surface area contributed by atoms with E-state index in [0.29, 0.717) is 24.1 Å². The first kappa shape index (κ1) is 13.9. The molecule has 1 aliphatic rings. The van der Waals surface area contributed by atoms with Crippen LogP contribution in [0.3, 0.4) is 0 Å². The lowest BCUT2D eigenvalue weighted by molar-refractivity contribution is 0.262. The van der Waals surface area contributed by atoms with Crippen molar-refractivity contribution in [2.45, 2.75) is 39.5 Å². The zero-order valence-corrected chi connectivity index (χ0v) is 12.7. The Morgan fingerprint density at radius 1 is 1.29 bits per heavy atom. The summed E-state index contributed by atoms with van der Waals surface area (Å²) in [6, 6.07) is 3.78. The Morgan fingerprint density at radius 2 is 2.10 bits per heavy atom. The summed E-state index contributed by atoms with van der Waals surface area (Å²) in [4.78, 5) is 9.08. The zero-order chi connectivity index (χ0) is 14.8. The largest absolute Gasteiger partial charge is 0.476 e. The number of hydrogen-bond donors (Lipinski definition) is 1. The molecule has 0 radical (unpaired) electrons. The van der Waals surface area contributed by atoms with Crippen LogP contribution in [0.5, 0.6) is 5.88 Å². The van der Waals surface area contributed by atoms with Gasteiger partial charge >= 0.3 is 0 Å². The Hall–Kier alpha value is -2.04. The maximum atomic E-state index is 5.95. The number of aromatic nitrogens is 3. The Morgan fingerprint density at radius 3 is 2.90 bits per heavy atom. The number of rotatable bonds is 4. The molecule has 1 aliphatic carbocycles. The summed E-state index contributed by atoms with van der Waals surface area (Å²) in [6.07, 6.45) is 6.42. The van der Waals surface area contributed by atoms with Crippen LogP contribution in [-0.2, 0) is 12.8 Å². The number of ether oxygens (including phenoxy) is 1. The molecule has 0 atom stereocenters. The van der Waals surface area contributed by atoms with Crippen molar-refractivity contribution in [3.8, 4) is 11.7 Å². The third-order valence-electron chi connectivity index (χ3n) is 3.71. The number of aryl methyl sites for hydroxylation is 1. The van der Waals surface area contributed by atoms with E-state index in [0.717, 1.165) is 18.7 Å². The van der Waals surface area contributed by atoms with E-state index in [9.17, 15) is 0 Å². The first-order chi connectivity index (χ1) is 10.1. The molecular weight excluding hydrogens is 264 g/mol. The second kappa shape index (κ2) is 5.76. The van der Waals surface area contributed by atoms with Gasteiger partial charge in [0.05, 0.1) is 18.0 Å². The van der Waals surface area contributed by atoms with Crippen molar-refractivity contribution >= 4 is 5.69 Å². The molecule has 5 heteroatoms. The molecule has 2 N–H and O–H groups in total. The Balaban J connectivity index is 1.92. The van der Waals surface area contributed by atoms with Gasteiger partial charge in [0.2, 0.25) is 5.88 Å². The van der Waals surface area contributed by atoms with Crippen LogP contribution >= 0.6 is 0 Å². The van der Waals surface area contributed by atoms with Gasteiger partial charge in [-0.2, -0.15) is 4.98 Å². The molecule has 0 saturated carbocycles. The summed E-state index contributed by atoms with van der Waals surface area (Å²) in [5.74, 6) is 1.79. The standard InChI is InChI=1S/C16H22N4O/c1-11(2)9-21-16-12(17)7-8-15(19-16)20-10-18-13-5-3-4-6-14(13)20/h7-8,10-11H,3-6,9,17H2,1-2H3. The molecule has 2 heterocycles. The highest BCUT2D eigenvalue weighted by molar-refractivity contribution is 5.51. The van der Waals surface area contributed by atoms with Crippen molar-refractivity contribution in [2.24, 2.45) is 5.92 Å². The first-order valence-corrected chi connectivity index (χ1v) is 7.60. The highest BCUT2D eigenvalue weighted by Gasteiger charge is 2.17. The van der Waals surface area contributed by atoms with Gasteiger partial charge < -0.3 is 10.5 Å². The van der Waals surface area contributed by atoms with Crippen LogP contribution in [0.25, 0.3) is 5.82 Å². The van der Waals surface area contributed by atoms with Gasteiger partial charge in [-0.15, -0.1) is 0 Å². The van der Waals surface area contributed by atoms with E-state index in [1.54, 1.807) is 0 Å². The van der Waals surface area contributed by atoms with Gasteiger partial charge in [-0.25, -0.2) is 4.98 Å². The fraction of sp³-hybridized carbons (Fsp3) is 0.500. The molecule has 5 nitrogen and oxygen atoms in total. The summed E-state index contributed by atoms with van der Waals surface area (Å²) in [5, 5.41) is 0. The highest BCUT2D eigenvalue weighted by Crippen LogP contribution is 2.25. The average molecular weight is 286 g/mol. The van der Waals surface area contributed by atoms with Gasteiger partial charge in [-0.1, -0.05) is 13.8 Å². The maximum Gasteiger partial charge on any atom is 0.239 e. The van der Waals surface area contributed by atoms with Gasteiger partial charge in [0.15, 0.2) is 0 Å². The van der Waals surface area contributed by atoms with E-state index in [-0.39, 0.29) is 0 Å². The molecule has 0 bridgehead atoms. The minimum atomic E-state index is 0.441. The lowest BCUT2D eigenvalue weighted by atomic mass is 10.0. The van der Waals surface area contributed by atoms with Crippen LogP contribution in [0.15, 0.2) is 18.5 Å². The van der Waals surface area contributed by atoms with Crippen molar-refractivity contribution in [1.29, 1.82) is 0 Å². The van der Waals surface area contributed by atoms with Crippen LogP contribution in [0.1, 0.15) is 38.1 Å². The molecule has 112 valence electrons. The van der Waals surface area contributed by atoms with Crippen LogP contribution in [0.2, 0.25) is 0 Å². The lowest BCUT2D eigenvalue weighted by Gasteiger charge is -2.15. The van der Waals surface area contributed by atoms with Crippen molar-refractivity contribution in [1.82, 2.24) is 14.5 Å². The number of nitrogen functional groups attached to an aromatic ring is 1. The molecule has 21 heavy (non-hydrogen) atoms. The summed E-state index contributed by atoms with van der Waals surface area (Å²) < 4.78 is 7.78. The van der Waals surface area contributed by atoms with Crippen molar-refractivity contribution in [3.63, 3.8) is 0 Å². The van der Waals surface area contributed by atoms with E-state index in [1.807, 2.05) is 18.5 Å². The molecule has 0 saturated heterocycles. The second-order valence-corrected chi connectivity index (χ2v) is 5.98. The van der Waals surface area contributed by atoms with Gasteiger partial charge in [0.1, 0.15) is 12.1 Å². The molecule has 2 aromatic heterocycles. The Labute approximate surface area is 125 Å². The minimum absolute atomic E-state index is 0.441. The number of nitrogens with two attached hydrogens (primary N) is 1. The average Bonchev–Trinajstić information content (AvgIpc) is 2.90. The van der Waals surface area contributed by atoms with Gasteiger partial charge in [0.25, 0.3) is 0 Å². The minimum Gasteiger partial charge on any atom is -0.476 e. The zero-order valence-electron chi connectivity index (χ0n) is 12.7. The maximum absolute atomic E-state index is 5.95. The molecule has 0 aromatic carbocycles. The molecule has 0 amide bonds. The number of imidazole rings is 1. The SMILES string of the molecule is CC(C)COc1nc(-n2cnc3c2CCCC3)ccc1N. The quantitative estimate of drug-likeness (QED) is 0.938. The molecular formula is C16H22N4O. The first-order valence-electron chi connectivity index (χ1n) is 7.60. The molecule has 0 unspecified atom stereocenters. The highest BCUT2D eigenvalue weighted by atomic mass is 16.5. The third-order valence-corrected chi connectivity index (χ3v) is 3.71. The lowest BCUT2D eigenvalue weighted by Crippen LogP contribution is -2.11. The topological polar surface area (TPSA) is 66.0 Å². The number of fused-ring (bicyclic) bond motifs is 1. The van der Waals surface area contributed by atoms with E-state index >= 15 is 0 Å². The van der Waals surface area contributed by atoms with E-state index < -0.39 is 0 Å². The predicted octanol–water partition coefficient (Wildman–Crippen LogP) is 2.76. The van der Waals surface area contributed by atoms with Crippen LogP contribution < -0.4 is 10.5 Å². The fourth-order valence-electron chi connectivity index (χ4n) is 2.60. The van der Waals surface area contributed by atoms with Crippen LogP contribution in [-0.4, -0.2) is 21.1 Å².